The molecule has 0 radical (unpaired) electrons. The summed E-state index contributed by atoms with van der Waals surface area (Å²) in [5.74, 6) is 0. The molecule has 20 heavy (non-hydrogen) atoms. The first kappa shape index (κ1) is 12.4. The Kier molecular flexibility index (Phi) is 3.20. The molecule has 4 nitrogen and oxygen atoms in total. The summed E-state index contributed by atoms with van der Waals surface area (Å²) in [6.07, 6.45) is 3.84. The molecule has 0 spiro atoms. The van der Waals surface area contributed by atoms with Crippen molar-refractivity contribution in [2.75, 3.05) is 0 Å². The summed E-state index contributed by atoms with van der Waals surface area (Å²) in [5.41, 5.74) is 9.63. The number of benzene rings is 1. The molecule has 2 aromatic heterocycles. The summed E-state index contributed by atoms with van der Waals surface area (Å²) in [4.78, 5) is 4.43. The number of aromatic nitrogens is 2. The number of fused-ring (bicyclic) bond motifs is 1. The Morgan fingerprint density at radius 1 is 1.20 bits per heavy atom. The fourth-order valence-corrected chi connectivity index (χ4v) is 2.36. The van der Waals surface area contributed by atoms with Gasteiger partial charge in [-0.05, 0) is 35.4 Å². The van der Waals surface area contributed by atoms with Crippen molar-refractivity contribution >= 4 is 11.0 Å². The van der Waals surface area contributed by atoms with Crippen LogP contribution < -0.4 is 5.73 Å². The number of hydrogen-bond acceptors (Lipinski definition) is 3. The second-order valence-electron chi connectivity index (χ2n) is 4.67. The van der Waals surface area contributed by atoms with Crippen molar-refractivity contribution in [2.45, 2.75) is 13.1 Å². The van der Waals surface area contributed by atoms with E-state index in [9.17, 15) is 0 Å². The van der Waals surface area contributed by atoms with E-state index in [-0.39, 0.29) is 0 Å². The molecule has 4 heteroatoms. The summed E-state index contributed by atoms with van der Waals surface area (Å²) in [5, 5.41) is 9.92. The molecule has 0 aliphatic heterocycles. The average Bonchev–Trinajstić information content (AvgIpc) is 2.86. The van der Waals surface area contributed by atoms with Gasteiger partial charge in [0.15, 0.2) is 0 Å². The van der Waals surface area contributed by atoms with Gasteiger partial charge in [-0.2, -0.15) is 5.26 Å². The first-order chi connectivity index (χ1) is 9.81. The van der Waals surface area contributed by atoms with Crippen LogP contribution in [0.5, 0.6) is 0 Å². The maximum Gasteiger partial charge on any atom is 0.140 e. The van der Waals surface area contributed by atoms with Gasteiger partial charge in [0.25, 0.3) is 0 Å². The largest absolute Gasteiger partial charge is 0.328 e. The van der Waals surface area contributed by atoms with E-state index in [1.165, 1.54) is 0 Å². The van der Waals surface area contributed by atoms with Crippen molar-refractivity contribution in [1.82, 2.24) is 9.55 Å². The van der Waals surface area contributed by atoms with Crippen LogP contribution in [0, 0.1) is 11.3 Å². The van der Waals surface area contributed by atoms with Crippen molar-refractivity contribution < 1.29 is 0 Å². The lowest BCUT2D eigenvalue weighted by atomic mass is 10.1. The minimum Gasteiger partial charge on any atom is -0.328 e. The van der Waals surface area contributed by atoms with Gasteiger partial charge in [0, 0.05) is 30.9 Å². The van der Waals surface area contributed by atoms with Gasteiger partial charge in [0.1, 0.15) is 5.65 Å². The minimum atomic E-state index is 0.503. The van der Waals surface area contributed by atoms with Crippen LogP contribution in [0.15, 0.2) is 48.8 Å². The molecule has 0 unspecified atom stereocenters. The Morgan fingerprint density at radius 2 is 2.00 bits per heavy atom. The van der Waals surface area contributed by atoms with Crippen LogP contribution in [-0.4, -0.2) is 9.55 Å². The van der Waals surface area contributed by atoms with Crippen molar-refractivity contribution in [3.63, 3.8) is 0 Å². The summed E-state index contributed by atoms with van der Waals surface area (Å²) in [6.45, 7) is 1.22. The monoisotopic (exact) mass is 262 g/mol. The zero-order valence-electron chi connectivity index (χ0n) is 11.0. The highest BCUT2D eigenvalue weighted by molar-refractivity contribution is 5.80. The maximum atomic E-state index is 8.82. The van der Waals surface area contributed by atoms with Crippen LogP contribution in [0.1, 0.15) is 16.7 Å². The Labute approximate surface area is 117 Å². The molecule has 2 N–H and O–H groups in total. The van der Waals surface area contributed by atoms with E-state index >= 15 is 0 Å². The standard InChI is InChI=1S/C16H14N4/c17-8-12-3-5-13(6-4-12)10-20-11-14(9-18)15-2-1-7-19-16(15)20/h1-7,11H,9-10,18H2. The second-order valence-corrected chi connectivity index (χ2v) is 4.67. The first-order valence-corrected chi connectivity index (χ1v) is 6.43. The highest BCUT2D eigenvalue weighted by Gasteiger charge is 2.08. The van der Waals surface area contributed by atoms with Crippen LogP contribution in [0.3, 0.4) is 0 Å². The van der Waals surface area contributed by atoms with Crippen LogP contribution in [-0.2, 0) is 13.1 Å². The molecule has 2 heterocycles. The van der Waals surface area contributed by atoms with E-state index < -0.39 is 0 Å². The van der Waals surface area contributed by atoms with E-state index in [4.69, 9.17) is 11.0 Å². The number of nitrogens with two attached hydrogens (primary N) is 1. The Hall–Kier alpha value is -2.64. The van der Waals surface area contributed by atoms with Gasteiger partial charge in [-0.15, -0.1) is 0 Å². The highest BCUT2D eigenvalue weighted by atomic mass is 15.0. The van der Waals surface area contributed by atoms with Crippen LogP contribution >= 0.6 is 0 Å². The lowest BCUT2D eigenvalue weighted by Gasteiger charge is -2.04. The Bertz CT molecular complexity index is 778. The zero-order chi connectivity index (χ0) is 13.9. The van der Waals surface area contributed by atoms with Crippen LogP contribution in [0.2, 0.25) is 0 Å². The van der Waals surface area contributed by atoms with Crippen molar-refractivity contribution in [1.29, 1.82) is 5.26 Å². The first-order valence-electron chi connectivity index (χ1n) is 6.43. The van der Waals surface area contributed by atoms with Crippen LogP contribution in [0.4, 0.5) is 0 Å². The third-order valence-corrected chi connectivity index (χ3v) is 3.37. The van der Waals surface area contributed by atoms with E-state index in [2.05, 4.69) is 21.8 Å². The van der Waals surface area contributed by atoms with Crippen LogP contribution in [0.25, 0.3) is 11.0 Å². The van der Waals surface area contributed by atoms with E-state index in [1.807, 2.05) is 36.4 Å². The van der Waals surface area contributed by atoms with E-state index in [0.29, 0.717) is 12.1 Å². The van der Waals surface area contributed by atoms with Gasteiger partial charge in [-0.25, -0.2) is 4.98 Å². The molecule has 0 aliphatic rings. The molecule has 0 saturated carbocycles. The summed E-state index contributed by atoms with van der Waals surface area (Å²) in [7, 11) is 0. The fraction of sp³-hybridized carbons (Fsp3) is 0.125. The predicted molar refractivity (Wildman–Crippen MR) is 77.9 cm³/mol. The molecule has 0 aliphatic carbocycles. The van der Waals surface area contributed by atoms with Crippen molar-refractivity contribution in [3.05, 3.63) is 65.5 Å². The third-order valence-electron chi connectivity index (χ3n) is 3.37. The lowest BCUT2D eigenvalue weighted by molar-refractivity contribution is 0.819. The summed E-state index contributed by atoms with van der Waals surface area (Å²) in [6, 6.07) is 13.7. The Morgan fingerprint density at radius 3 is 2.70 bits per heavy atom. The smallest absolute Gasteiger partial charge is 0.140 e. The van der Waals surface area contributed by atoms with Gasteiger partial charge >= 0.3 is 0 Å². The lowest BCUT2D eigenvalue weighted by Crippen LogP contribution is -1.99. The molecular weight excluding hydrogens is 248 g/mol. The number of nitriles is 1. The minimum absolute atomic E-state index is 0.503. The molecule has 0 amide bonds. The maximum absolute atomic E-state index is 8.82. The molecule has 3 rings (SSSR count). The normalized spacial score (nSPS) is 10.6. The van der Waals surface area contributed by atoms with Gasteiger partial charge in [-0.3, -0.25) is 0 Å². The van der Waals surface area contributed by atoms with Crippen molar-refractivity contribution in [3.8, 4) is 6.07 Å². The quantitative estimate of drug-likeness (QED) is 0.788. The Balaban J connectivity index is 2.00. The second kappa shape index (κ2) is 5.16. The molecule has 0 bridgehead atoms. The summed E-state index contributed by atoms with van der Waals surface area (Å²) >= 11 is 0. The molecule has 1 aromatic carbocycles. The molecule has 0 atom stereocenters. The van der Waals surface area contributed by atoms with Gasteiger partial charge < -0.3 is 10.3 Å². The number of hydrogen-bond donors (Lipinski definition) is 1. The molecular formula is C16H14N4. The van der Waals surface area contributed by atoms with Gasteiger partial charge in [-0.1, -0.05) is 12.1 Å². The molecule has 0 saturated heterocycles. The fourth-order valence-electron chi connectivity index (χ4n) is 2.36. The summed E-state index contributed by atoms with van der Waals surface area (Å²) < 4.78 is 2.10. The van der Waals surface area contributed by atoms with Crippen molar-refractivity contribution in [2.24, 2.45) is 5.73 Å². The van der Waals surface area contributed by atoms with E-state index in [0.717, 1.165) is 28.7 Å². The molecule has 0 fully saturated rings. The number of rotatable bonds is 3. The zero-order valence-corrected chi connectivity index (χ0v) is 11.0. The third kappa shape index (κ3) is 2.15. The SMILES string of the molecule is N#Cc1ccc(Cn2cc(CN)c3cccnc32)cc1. The highest BCUT2D eigenvalue weighted by Crippen LogP contribution is 2.20. The van der Waals surface area contributed by atoms with E-state index in [1.54, 1.807) is 6.20 Å². The van der Waals surface area contributed by atoms with Gasteiger partial charge in [0.2, 0.25) is 0 Å². The molecule has 98 valence electrons. The number of pyridine rings is 1. The number of nitrogens with zero attached hydrogens (tertiary/aromatic N) is 3. The predicted octanol–water partition coefficient (Wildman–Crippen LogP) is 2.41. The molecule has 3 aromatic rings. The topological polar surface area (TPSA) is 67.6 Å². The van der Waals surface area contributed by atoms with Gasteiger partial charge in [0.05, 0.1) is 11.6 Å². The average molecular weight is 262 g/mol.